The van der Waals surface area contributed by atoms with E-state index < -0.39 is 41.4 Å². The molecule has 236 valence electrons. The summed E-state index contributed by atoms with van der Waals surface area (Å²) in [6.45, 7) is 7.61. The molecule has 2 atom stereocenters. The van der Waals surface area contributed by atoms with Crippen LogP contribution in [0, 0.1) is 11.8 Å². The predicted molar refractivity (Wildman–Crippen MR) is 167 cm³/mol. The van der Waals surface area contributed by atoms with Crippen LogP contribution in [-0.2, 0) is 20.9 Å². The number of carboxylic acid groups (broad SMARTS) is 1. The number of amides is 6. The van der Waals surface area contributed by atoms with Gasteiger partial charge in [-0.05, 0) is 60.9 Å². The number of urea groups is 2. The maximum absolute atomic E-state index is 14.1. The number of imide groups is 1. The number of carboxylic acids is 1. The molecule has 0 bridgehead atoms. The molecule has 1 heterocycles. The van der Waals surface area contributed by atoms with Crippen molar-refractivity contribution in [2.75, 3.05) is 10.6 Å². The Balaban J connectivity index is 1.52. The molecule has 2 aliphatic rings. The summed E-state index contributed by atoms with van der Waals surface area (Å²) in [5, 5.41) is 17.8. The van der Waals surface area contributed by atoms with Gasteiger partial charge in [0.25, 0.3) is 5.91 Å². The van der Waals surface area contributed by atoms with Crippen LogP contribution in [-0.4, -0.2) is 62.4 Å². The van der Waals surface area contributed by atoms with Crippen LogP contribution in [0.15, 0.2) is 54.6 Å². The van der Waals surface area contributed by atoms with E-state index in [9.17, 15) is 29.1 Å². The van der Waals surface area contributed by atoms with Crippen molar-refractivity contribution in [3.05, 3.63) is 60.2 Å². The van der Waals surface area contributed by atoms with Gasteiger partial charge in [0, 0.05) is 24.0 Å². The first kappa shape index (κ1) is 32.5. The van der Waals surface area contributed by atoms with Crippen molar-refractivity contribution in [2.45, 2.75) is 90.4 Å². The zero-order valence-electron chi connectivity index (χ0n) is 25.8. The Morgan fingerprint density at radius 1 is 0.886 bits per heavy atom. The Labute approximate surface area is 258 Å². The van der Waals surface area contributed by atoms with Crippen LogP contribution in [0.2, 0.25) is 0 Å². The lowest BCUT2D eigenvalue weighted by Gasteiger charge is -2.31. The fraction of sp³-hybridized carbons (Fsp3) is 0.485. The van der Waals surface area contributed by atoms with Crippen molar-refractivity contribution < 1.29 is 29.1 Å². The molecule has 1 aliphatic carbocycles. The maximum Gasteiger partial charge on any atom is 0.328 e. The van der Waals surface area contributed by atoms with Gasteiger partial charge in [-0.3, -0.25) is 14.4 Å². The normalized spacial score (nSPS) is 17.3. The number of carbonyl (C=O) groups excluding carboxylic acids is 4. The van der Waals surface area contributed by atoms with Gasteiger partial charge in [0.15, 0.2) is 0 Å². The minimum Gasteiger partial charge on any atom is -0.481 e. The van der Waals surface area contributed by atoms with Crippen LogP contribution in [0.5, 0.6) is 0 Å². The Bertz CT molecular complexity index is 1350. The quantitative estimate of drug-likeness (QED) is 0.237. The third kappa shape index (κ3) is 7.38. The highest BCUT2D eigenvalue weighted by Crippen LogP contribution is 2.44. The SMILES string of the molecule is CC(C)C[C@H](CC(=O)O)NC(=O)[C@H](C(C)C)N1C(=O)N(Cc2ccc(NC(=O)Nc3ccccc3)cc2)C2(CCCC2)C1=O. The first-order valence-corrected chi connectivity index (χ1v) is 15.3. The van der Waals surface area contributed by atoms with E-state index in [4.69, 9.17) is 0 Å². The number of nitrogens with zero attached hydrogens (tertiary/aromatic N) is 2. The molecule has 11 nitrogen and oxygen atoms in total. The number of anilines is 2. The third-order valence-corrected chi connectivity index (χ3v) is 8.29. The lowest BCUT2D eigenvalue weighted by molar-refractivity contribution is -0.142. The standard InChI is InChI=1S/C33H43N5O6/c1-21(2)18-26(19-27(39)40)34-29(41)28(22(3)4)38-30(42)33(16-8-9-17-33)37(32(38)44)20-23-12-14-25(15-13-23)36-31(43)35-24-10-6-5-7-11-24/h5-7,10-15,21-22,26,28H,8-9,16-20H2,1-4H3,(H,34,41)(H,39,40)(H2,35,36,43)/t26-,28+/m1/s1. The Kier molecular flexibility index (Phi) is 10.3. The highest BCUT2D eigenvalue weighted by Gasteiger charge is 2.60. The van der Waals surface area contributed by atoms with Crippen LogP contribution in [0.1, 0.15) is 71.8 Å². The topological polar surface area (TPSA) is 148 Å². The van der Waals surface area contributed by atoms with Gasteiger partial charge in [0.2, 0.25) is 5.91 Å². The molecule has 4 rings (SSSR count). The first-order valence-electron chi connectivity index (χ1n) is 15.3. The van der Waals surface area contributed by atoms with E-state index in [2.05, 4.69) is 16.0 Å². The second-order valence-corrected chi connectivity index (χ2v) is 12.5. The monoisotopic (exact) mass is 605 g/mol. The van der Waals surface area contributed by atoms with Gasteiger partial charge >= 0.3 is 18.0 Å². The summed E-state index contributed by atoms with van der Waals surface area (Å²) < 4.78 is 0. The number of para-hydroxylation sites is 1. The molecule has 0 aromatic heterocycles. The largest absolute Gasteiger partial charge is 0.481 e. The summed E-state index contributed by atoms with van der Waals surface area (Å²) in [4.78, 5) is 68.4. The zero-order valence-corrected chi connectivity index (χ0v) is 25.8. The lowest BCUT2D eigenvalue weighted by atomic mass is 9.93. The molecule has 2 aromatic rings. The second kappa shape index (κ2) is 13.9. The summed E-state index contributed by atoms with van der Waals surface area (Å²) in [6, 6.07) is 13.6. The second-order valence-electron chi connectivity index (χ2n) is 12.5. The molecule has 1 spiro atoms. The molecule has 0 radical (unpaired) electrons. The first-order chi connectivity index (χ1) is 20.9. The molecule has 2 aromatic carbocycles. The highest BCUT2D eigenvalue weighted by molar-refractivity contribution is 6.10. The van der Waals surface area contributed by atoms with Gasteiger partial charge in [-0.2, -0.15) is 0 Å². The molecule has 0 unspecified atom stereocenters. The molecular weight excluding hydrogens is 562 g/mol. The van der Waals surface area contributed by atoms with Crippen molar-refractivity contribution in [3.63, 3.8) is 0 Å². The summed E-state index contributed by atoms with van der Waals surface area (Å²) in [5.41, 5.74) is 0.973. The van der Waals surface area contributed by atoms with Crippen molar-refractivity contribution in [1.82, 2.24) is 15.1 Å². The average Bonchev–Trinajstić information content (AvgIpc) is 3.51. The van der Waals surface area contributed by atoms with E-state index in [-0.39, 0.29) is 30.8 Å². The minimum absolute atomic E-state index is 0.143. The van der Waals surface area contributed by atoms with Gasteiger partial charge < -0.3 is 26.0 Å². The summed E-state index contributed by atoms with van der Waals surface area (Å²) >= 11 is 0. The number of rotatable bonds is 12. The zero-order chi connectivity index (χ0) is 32.0. The number of nitrogens with one attached hydrogen (secondary N) is 3. The van der Waals surface area contributed by atoms with E-state index in [1.807, 2.05) is 32.0 Å². The van der Waals surface area contributed by atoms with Gasteiger partial charge in [-0.25, -0.2) is 14.5 Å². The van der Waals surface area contributed by atoms with Crippen LogP contribution >= 0.6 is 0 Å². The summed E-state index contributed by atoms with van der Waals surface area (Å²) in [7, 11) is 0. The molecule has 1 saturated heterocycles. The Morgan fingerprint density at radius 3 is 2.02 bits per heavy atom. The Hall–Kier alpha value is -4.41. The van der Waals surface area contributed by atoms with E-state index in [1.54, 1.807) is 55.1 Å². The van der Waals surface area contributed by atoms with Crippen LogP contribution < -0.4 is 16.0 Å². The van der Waals surface area contributed by atoms with Crippen molar-refractivity contribution in [2.24, 2.45) is 11.8 Å². The molecule has 2 fully saturated rings. The molecule has 6 amide bonds. The molecule has 4 N–H and O–H groups in total. The van der Waals surface area contributed by atoms with E-state index in [1.165, 1.54) is 0 Å². The number of hydrogen-bond donors (Lipinski definition) is 4. The summed E-state index contributed by atoms with van der Waals surface area (Å²) in [5.74, 6) is -2.17. The van der Waals surface area contributed by atoms with Crippen LogP contribution in [0.3, 0.4) is 0 Å². The Morgan fingerprint density at radius 2 is 1.48 bits per heavy atom. The van der Waals surface area contributed by atoms with Crippen molar-refractivity contribution >= 4 is 41.2 Å². The van der Waals surface area contributed by atoms with Crippen LogP contribution in [0.25, 0.3) is 0 Å². The average molecular weight is 606 g/mol. The molecule has 11 heteroatoms. The maximum atomic E-state index is 14.1. The number of benzene rings is 2. The lowest BCUT2D eigenvalue weighted by Crippen LogP contribution is -2.55. The minimum atomic E-state index is -1.07. The van der Waals surface area contributed by atoms with E-state index in [0.717, 1.165) is 23.3 Å². The molecular formula is C33H43N5O6. The highest BCUT2D eigenvalue weighted by atomic mass is 16.4. The fourth-order valence-corrected chi connectivity index (χ4v) is 6.32. The predicted octanol–water partition coefficient (Wildman–Crippen LogP) is 5.44. The van der Waals surface area contributed by atoms with Gasteiger partial charge in [0.1, 0.15) is 11.6 Å². The fourth-order valence-electron chi connectivity index (χ4n) is 6.32. The van der Waals surface area contributed by atoms with Gasteiger partial charge in [0.05, 0.1) is 6.42 Å². The number of aliphatic carboxylic acids is 1. The number of carbonyl (C=O) groups is 5. The third-order valence-electron chi connectivity index (χ3n) is 8.29. The van der Waals surface area contributed by atoms with Gasteiger partial charge in [-0.1, -0.05) is 70.9 Å². The molecule has 1 saturated carbocycles. The molecule has 1 aliphatic heterocycles. The van der Waals surface area contributed by atoms with Gasteiger partial charge in [-0.15, -0.1) is 0 Å². The van der Waals surface area contributed by atoms with E-state index in [0.29, 0.717) is 30.6 Å². The van der Waals surface area contributed by atoms with Crippen molar-refractivity contribution in [3.8, 4) is 0 Å². The molecule has 44 heavy (non-hydrogen) atoms. The number of hydrogen-bond acceptors (Lipinski definition) is 5. The van der Waals surface area contributed by atoms with E-state index >= 15 is 0 Å². The van der Waals surface area contributed by atoms with Crippen molar-refractivity contribution in [1.29, 1.82) is 0 Å². The smallest absolute Gasteiger partial charge is 0.328 e. The van der Waals surface area contributed by atoms with Crippen LogP contribution in [0.4, 0.5) is 21.0 Å². The summed E-state index contributed by atoms with van der Waals surface area (Å²) in [6.07, 6.45) is 2.81.